The smallest absolute Gasteiger partial charge is 0.260 e. The first-order chi connectivity index (χ1) is 10.1. The Hall–Kier alpha value is -0.980. The van der Waals surface area contributed by atoms with E-state index in [0.29, 0.717) is 19.0 Å². The maximum Gasteiger partial charge on any atom is 0.260 e. The molecule has 2 aliphatic rings. The Kier molecular flexibility index (Phi) is 4.28. The fourth-order valence-corrected chi connectivity index (χ4v) is 5.37. The number of hydrogen-bond acceptors (Lipinski definition) is 4. The molecule has 1 aliphatic carbocycles. The lowest BCUT2D eigenvalue weighted by molar-refractivity contribution is 0.201. The van der Waals surface area contributed by atoms with Gasteiger partial charge in [0, 0.05) is 25.3 Å². The summed E-state index contributed by atoms with van der Waals surface area (Å²) in [4.78, 5) is 4.19. The number of piperidine rings is 1. The van der Waals surface area contributed by atoms with E-state index >= 15 is 0 Å². The Morgan fingerprint density at radius 1 is 1.29 bits per heavy atom. The van der Waals surface area contributed by atoms with Gasteiger partial charge in [0.05, 0.1) is 0 Å². The average Bonchev–Trinajstić information content (AvgIpc) is 2.96. The first kappa shape index (κ1) is 14.9. The summed E-state index contributed by atoms with van der Waals surface area (Å²) >= 11 is 0. The SMILES string of the molecule is CNCc1ccc(S(=O)(=O)N2CCCC3CCCC32)nc1. The number of rotatable bonds is 4. The molecule has 116 valence electrons. The number of aromatic nitrogens is 1. The molecular weight excluding hydrogens is 286 g/mol. The number of pyridine rings is 1. The summed E-state index contributed by atoms with van der Waals surface area (Å²) in [6, 6.07) is 3.68. The zero-order valence-corrected chi connectivity index (χ0v) is 13.3. The third-order valence-electron chi connectivity index (χ3n) is 4.69. The number of nitrogens with zero attached hydrogens (tertiary/aromatic N) is 2. The predicted octanol–water partition coefficient (Wildman–Crippen LogP) is 1.75. The van der Waals surface area contributed by atoms with E-state index in [2.05, 4.69) is 10.3 Å². The molecule has 0 radical (unpaired) electrons. The summed E-state index contributed by atoms with van der Waals surface area (Å²) in [6.07, 6.45) is 7.12. The van der Waals surface area contributed by atoms with Crippen molar-refractivity contribution >= 4 is 10.0 Å². The number of sulfonamides is 1. The van der Waals surface area contributed by atoms with Crippen molar-refractivity contribution in [2.45, 2.75) is 49.7 Å². The van der Waals surface area contributed by atoms with Crippen molar-refractivity contribution in [1.29, 1.82) is 0 Å². The first-order valence-electron chi connectivity index (χ1n) is 7.74. The molecule has 0 spiro atoms. The molecule has 1 aromatic rings. The van der Waals surface area contributed by atoms with Crippen LogP contribution < -0.4 is 5.32 Å². The molecule has 1 aliphatic heterocycles. The van der Waals surface area contributed by atoms with Crippen LogP contribution in [0.15, 0.2) is 23.4 Å². The Morgan fingerprint density at radius 2 is 2.10 bits per heavy atom. The second-order valence-corrected chi connectivity index (χ2v) is 7.89. The van der Waals surface area contributed by atoms with Gasteiger partial charge in [0.1, 0.15) is 0 Å². The molecule has 2 atom stereocenters. The molecular formula is C15H23N3O2S. The van der Waals surface area contributed by atoms with E-state index in [9.17, 15) is 8.42 Å². The highest BCUT2D eigenvalue weighted by Gasteiger charge is 2.41. The van der Waals surface area contributed by atoms with E-state index in [1.54, 1.807) is 16.6 Å². The van der Waals surface area contributed by atoms with Crippen molar-refractivity contribution < 1.29 is 8.42 Å². The van der Waals surface area contributed by atoms with Gasteiger partial charge in [-0.1, -0.05) is 12.5 Å². The van der Waals surface area contributed by atoms with Crippen LogP contribution >= 0.6 is 0 Å². The van der Waals surface area contributed by atoms with Crippen molar-refractivity contribution in [3.8, 4) is 0 Å². The van der Waals surface area contributed by atoms with Gasteiger partial charge in [-0.3, -0.25) is 0 Å². The average molecular weight is 309 g/mol. The summed E-state index contributed by atoms with van der Waals surface area (Å²) in [5.74, 6) is 0.553. The van der Waals surface area contributed by atoms with Crippen LogP contribution in [-0.2, 0) is 16.6 Å². The molecule has 2 unspecified atom stereocenters. The molecule has 1 saturated carbocycles. The summed E-state index contributed by atoms with van der Waals surface area (Å²) < 4.78 is 27.4. The van der Waals surface area contributed by atoms with Gasteiger partial charge < -0.3 is 5.32 Å². The summed E-state index contributed by atoms with van der Waals surface area (Å²) in [6.45, 7) is 1.34. The van der Waals surface area contributed by atoms with E-state index in [4.69, 9.17) is 0 Å². The highest BCUT2D eigenvalue weighted by Crippen LogP contribution is 2.39. The predicted molar refractivity (Wildman–Crippen MR) is 81.3 cm³/mol. The van der Waals surface area contributed by atoms with Gasteiger partial charge in [0.15, 0.2) is 5.03 Å². The summed E-state index contributed by atoms with van der Waals surface area (Å²) in [5, 5.41) is 3.23. The van der Waals surface area contributed by atoms with Crippen LogP contribution in [-0.4, -0.2) is 37.3 Å². The highest BCUT2D eigenvalue weighted by molar-refractivity contribution is 7.89. The largest absolute Gasteiger partial charge is 0.316 e. The third kappa shape index (κ3) is 2.84. The van der Waals surface area contributed by atoms with Gasteiger partial charge in [-0.2, -0.15) is 4.31 Å². The first-order valence-corrected chi connectivity index (χ1v) is 9.18. The Labute approximate surface area is 126 Å². The van der Waals surface area contributed by atoms with E-state index in [1.807, 2.05) is 13.1 Å². The zero-order chi connectivity index (χ0) is 14.9. The quantitative estimate of drug-likeness (QED) is 0.920. The zero-order valence-electron chi connectivity index (χ0n) is 12.5. The van der Waals surface area contributed by atoms with Gasteiger partial charge in [-0.05, 0) is 50.3 Å². The number of hydrogen-bond donors (Lipinski definition) is 1. The van der Waals surface area contributed by atoms with Crippen molar-refractivity contribution in [3.05, 3.63) is 23.9 Å². The fourth-order valence-electron chi connectivity index (χ4n) is 3.70. The Bertz CT molecular complexity index is 585. The van der Waals surface area contributed by atoms with E-state index in [-0.39, 0.29) is 11.1 Å². The number of fused-ring (bicyclic) bond motifs is 1. The van der Waals surface area contributed by atoms with E-state index < -0.39 is 10.0 Å². The van der Waals surface area contributed by atoms with Crippen molar-refractivity contribution in [2.75, 3.05) is 13.6 Å². The topological polar surface area (TPSA) is 62.3 Å². The van der Waals surface area contributed by atoms with Gasteiger partial charge in [0.2, 0.25) is 0 Å². The minimum atomic E-state index is -3.45. The van der Waals surface area contributed by atoms with Crippen molar-refractivity contribution in [3.63, 3.8) is 0 Å². The van der Waals surface area contributed by atoms with Gasteiger partial charge in [-0.15, -0.1) is 0 Å². The maximum atomic E-state index is 12.8. The number of nitrogens with one attached hydrogen (secondary N) is 1. The summed E-state index contributed by atoms with van der Waals surface area (Å²) in [7, 11) is -1.59. The second-order valence-electron chi connectivity index (χ2n) is 6.05. The van der Waals surface area contributed by atoms with Crippen LogP contribution in [0, 0.1) is 5.92 Å². The van der Waals surface area contributed by atoms with Crippen LogP contribution in [0.1, 0.15) is 37.7 Å². The van der Waals surface area contributed by atoms with Gasteiger partial charge in [-0.25, -0.2) is 13.4 Å². The molecule has 1 aromatic heterocycles. The molecule has 0 bridgehead atoms. The van der Waals surface area contributed by atoms with Crippen LogP contribution in [0.3, 0.4) is 0 Å². The van der Waals surface area contributed by atoms with Gasteiger partial charge >= 0.3 is 0 Å². The lowest BCUT2D eigenvalue weighted by Crippen LogP contribution is -2.46. The molecule has 0 aromatic carbocycles. The molecule has 0 amide bonds. The minimum Gasteiger partial charge on any atom is -0.316 e. The molecule has 3 rings (SSSR count). The normalized spacial score (nSPS) is 26.7. The Morgan fingerprint density at radius 3 is 2.81 bits per heavy atom. The van der Waals surface area contributed by atoms with Crippen LogP contribution in [0.2, 0.25) is 0 Å². The monoisotopic (exact) mass is 309 g/mol. The molecule has 2 fully saturated rings. The van der Waals surface area contributed by atoms with Gasteiger partial charge in [0.25, 0.3) is 10.0 Å². The lowest BCUT2D eigenvalue weighted by Gasteiger charge is -2.36. The van der Waals surface area contributed by atoms with Crippen LogP contribution in [0.5, 0.6) is 0 Å². The van der Waals surface area contributed by atoms with E-state index in [1.165, 1.54) is 12.8 Å². The lowest BCUT2D eigenvalue weighted by atomic mass is 9.94. The van der Waals surface area contributed by atoms with Crippen LogP contribution in [0.4, 0.5) is 0 Å². The highest BCUT2D eigenvalue weighted by atomic mass is 32.2. The fraction of sp³-hybridized carbons (Fsp3) is 0.667. The summed E-state index contributed by atoms with van der Waals surface area (Å²) in [5.41, 5.74) is 0.994. The molecule has 1 N–H and O–H groups in total. The van der Waals surface area contributed by atoms with E-state index in [0.717, 1.165) is 24.8 Å². The molecule has 5 nitrogen and oxygen atoms in total. The molecule has 2 heterocycles. The Balaban J connectivity index is 1.85. The minimum absolute atomic E-state index is 0.190. The van der Waals surface area contributed by atoms with Crippen LogP contribution in [0.25, 0.3) is 0 Å². The van der Waals surface area contributed by atoms with Crippen molar-refractivity contribution in [1.82, 2.24) is 14.6 Å². The van der Waals surface area contributed by atoms with Crippen molar-refractivity contribution in [2.24, 2.45) is 5.92 Å². The standard InChI is InChI=1S/C15H23N3O2S/c1-16-10-12-7-8-15(17-11-12)21(19,20)18-9-3-5-13-4-2-6-14(13)18/h7-8,11,13-14,16H,2-6,9-10H2,1H3. The molecule has 6 heteroatoms. The molecule has 21 heavy (non-hydrogen) atoms. The second kappa shape index (κ2) is 6.02. The molecule has 1 saturated heterocycles. The third-order valence-corrected chi connectivity index (χ3v) is 6.53. The maximum absolute atomic E-state index is 12.8.